The van der Waals surface area contributed by atoms with Crippen molar-refractivity contribution < 1.29 is 14.7 Å². The van der Waals surface area contributed by atoms with Gasteiger partial charge in [0.25, 0.3) is 0 Å². The fourth-order valence-electron chi connectivity index (χ4n) is 1.32. The molecule has 0 aliphatic rings. The molecule has 1 rings (SSSR count). The van der Waals surface area contributed by atoms with Crippen LogP contribution in [0.15, 0.2) is 24.3 Å². The Morgan fingerprint density at radius 3 is 2.06 bits per heavy atom. The minimum absolute atomic E-state index is 0.0680. The molecule has 98 valence electrons. The van der Waals surface area contributed by atoms with Gasteiger partial charge in [0.15, 0.2) is 0 Å². The number of amides is 1. The summed E-state index contributed by atoms with van der Waals surface area (Å²) in [5.41, 5.74) is 0.944. The van der Waals surface area contributed by atoms with Crippen LogP contribution < -0.4 is 5.32 Å². The van der Waals surface area contributed by atoms with Crippen LogP contribution in [0.25, 0.3) is 0 Å². The van der Waals surface area contributed by atoms with E-state index < -0.39 is 17.3 Å². The first-order valence-corrected chi connectivity index (χ1v) is 5.86. The Balaban J connectivity index is 2.78. The molecular formula is C14H19NO3. The number of rotatable bonds is 3. The normalized spacial score (nSPS) is 12.9. The third-order valence-corrected chi connectivity index (χ3v) is 2.72. The third-order valence-electron chi connectivity index (χ3n) is 2.72. The molecule has 0 saturated heterocycles. The standard InChI is InChI=1S/C14H19NO3/c1-9(12(16)17)10-5-7-11(8-6-10)15-13(18)14(2,3)4/h5-9H,1-4H3,(H,15,18)(H,16,17). The lowest BCUT2D eigenvalue weighted by Gasteiger charge is -2.18. The number of hydrogen-bond acceptors (Lipinski definition) is 2. The van der Waals surface area contributed by atoms with Crippen molar-refractivity contribution in [2.45, 2.75) is 33.6 Å². The Morgan fingerprint density at radius 2 is 1.67 bits per heavy atom. The van der Waals surface area contributed by atoms with E-state index in [0.29, 0.717) is 5.69 Å². The molecule has 0 radical (unpaired) electrons. The fourth-order valence-corrected chi connectivity index (χ4v) is 1.32. The first-order chi connectivity index (χ1) is 8.21. The van der Waals surface area contributed by atoms with Crippen LogP contribution in [0, 0.1) is 5.41 Å². The van der Waals surface area contributed by atoms with E-state index in [1.165, 1.54) is 0 Å². The molecule has 4 heteroatoms. The predicted molar refractivity (Wildman–Crippen MR) is 70.6 cm³/mol. The Labute approximate surface area is 107 Å². The second-order valence-electron chi connectivity index (χ2n) is 5.39. The van der Waals surface area contributed by atoms with Gasteiger partial charge in [0.05, 0.1) is 5.92 Å². The molecule has 0 bridgehead atoms. The molecule has 4 nitrogen and oxygen atoms in total. The second-order valence-corrected chi connectivity index (χ2v) is 5.39. The van der Waals surface area contributed by atoms with Crippen LogP contribution in [0.1, 0.15) is 39.2 Å². The van der Waals surface area contributed by atoms with Gasteiger partial charge in [-0.3, -0.25) is 9.59 Å². The van der Waals surface area contributed by atoms with E-state index in [4.69, 9.17) is 5.11 Å². The summed E-state index contributed by atoms with van der Waals surface area (Å²) < 4.78 is 0. The number of aliphatic carboxylic acids is 1. The van der Waals surface area contributed by atoms with Crippen molar-refractivity contribution in [3.63, 3.8) is 0 Å². The predicted octanol–water partition coefficient (Wildman–Crippen LogP) is 2.86. The highest BCUT2D eigenvalue weighted by molar-refractivity contribution is 5.94. The van der Waals surface area contributed by atoms with Crippen LogP contribution >= 0.6 is 0 Å². The zero-order chi connectivity index (χ0) is 13.9. The summed E-state index contributed by atoms with van der Waals surface area (Å²) in [6, 6.07) is 6.88. The number of carbonyl (C=O) groups excluding carboxylic acids is 1. The van der Waals surface area contributed by atoms with Crippen molar-refractivity contribution in [1.82, 2.24) is 0 Å². The van der Waals surface area contributed by atoms with Gasteiger partial charge < -0.3 is 10.4 Å². The smallest absolute Gasteiger partial charge is 0.310 e. The maximum Gasteiger partial charge on any atom is 0.310 e. The Kier molecular flexibility index (Phi) is 4.11. The zero-order valence-corrected chi connectivity index (χ0v) is 11.2. The number of nitrogens with one attached hydrogen (secondary N) is 1. The number of carboxylic acids is 1. The average molecular weight is 249 g/mol. The van der Waals surface area contributed by atoms with Crippen molar-refractivity contribution in [1.29, 1.82) is 0 Å². The van der Waals surface area contributed by atoms with Crippen molar-refractivity contribution in [3.8, 4) is 0 Å². The molecule has 0 aliphatic carbocycles. The van der Waals surface area contributed by atoms with Gasteiger partial charge in [-0.1, -0.05) is 32.9 Å². The summed E-state index contributed by atoms with van der Waals surface area (Å²) in [5.74, 6) is -1.47. The molecule has 0 aromatic heterocycles. The maximum atomic E-state index is 11.8. The van der Waals surface area contributed by atoms with E-state index in [1.807, 2.05) is 20.8 Å². The SMILES string of the molecule is CC(C(=O)O)c1ccc(NC(=O)C(C)(C)C)cc1. The lowest BCUT2D eigenvalue weighted by atomic mass is 9.95. The van der Waals surface area contributed by atoms with Gasteiger partial charge in [-0.25, -0.2) is 0 Å². The van der Waals surface area contributed by atoms with Gasteiger partial charge in [-0.2, -0.15) is 0 Å². The van der Waals surface area contributed by atoms with Crippen LogP contribution in [0.4, 0.5) is 5.69 Å². The third kappa shape index (κ3) is 3.58. The van der Waals surface area contributed by atoms with Crippen LogP contribution in [0.5, 0.6) is 0 Å². The average Bonchev–Trinajstić information content (AvgIpc) is 2.27. The molecule has 1 amide bonds. The summed E-state index contributed by atoms with van der Waals surface area (Å²) in [6.45, 7) is 7.14. The lowest BCUT2D eigenvalue weighted by molar-refractivity contribution is -0.138. The summed E-state index contributed by atoms with van der Waals surface area (Å²) in [7, 11) is 0. The van der Waals surface area contributed by atoms with E-state index >= 15 is 0 Å². The number of carbonyl (C=O) groups is 2. The number of anilines is 1. The van der Waals surface area contributed by atoms with Crippen molar-refractivity contribution in [2.24, 2.45) is 5.41 Å². The van der Waals surface area contributed by atoms with Gasteiger partial charge >= 0.3 is 5.97 Å². The van der Waals surface area contributed by atoms with E-state index in [-0.39, 0.29) is 5.91 Å². The molecule has 0 aliphatic heterocycles. The molecule has 0 heterocycles. The Morgan fingerprint density at radius 1 is 1.17 bits per heavy atom. The maximum absolute atomic E-state index is 11.8. The summed E-state index contributed by atoms with van der Waals surface area (Å²) in [5, 5.41) is 11.7. The van der Waals surface area contributed by atoms with Gasteiger partial charge in [0.2, 0.25) is 5.91 Å². The van der Waals surface area contributed by atoms with Crippen LogP contribution in [0.3, 0.4) is 0 Å². The summed E-state index contributed by atoms with van der Waals surface area (Å²) in [6.07, 6.45) is 0. The van der Waals surface area contributed by atoms with E-state index in [9.17, 15) is 9.59 Å². The molecule has 0 saturated carbocycles. The van der Waals surface area contributed by atoms with Gasteiger partial charge in [0.1, 0.15) is 0 Å². The molecule has 2 N–H and O–H groups in total. The molecule has 18 heavy (non-hydrogen) atoms. The summed E-state index contributed by atoms with van der Waals surface area (Å²) in [4.78, 5) is 22.6. The van der Waals surface area contributed by atoms with E-state index in [0.717, 1.165) is 5.56 Å². The highest BCUT2D eigenvalue weighted by Crippen LogP contribution is 2.20. The molecule has 1 unspecified atom stereocenters. The highest BCUT2D eigenvalue weighted by atomic mass is 16.4. The fraction of sp³-hybridized carbons (Fsp3) is 0.429. The number of carboxylic acid groups (broad SMARTS) is 1. The zero-order valence-electron chi connectivity index (χ0n) is 11.2. The molecule has 1 aromatic rings. The van der Waals surface area contributed by atoms with Gasteiger partial charge in [0, 0.05) is 11.1 Å². The van der Waals surface area contributed by atoms with Crippen molar-refractivity contribution in [3.05, 3.63) is 29.8 Å². The first-order valence-electron chi connectivity index (χ1n) is 5.86. The molecule has 1 aromatic carbocycles. The highest BCUT2D eigenvalue weighted by Gasteiger charge is 2.21. The van der Waals surface area contributed by atoms with Gasteiger partial charge in [-0.15, -0.1) is 0 Å². The Bertz CT molecular complexity index is 443. The van der Waals surface area contributed by atoms with Crippen molar-refractivity contribution in [2.75, 3.05) is 5.32 Å². The lowest BCUT2D eigenvalue weighted by Crippen LogP contribution is -2.27. The van der Waals surface area contributed by atoms with Crippen LogP contribution in [-0.4, -0.2) is 17.0 Å². The monoisotopic (exact) mass is 249 g/mol. The van der Waals surface area contributed by atoms with Crippen LogP contribution in [-0.2, 0) is 9.59 Å². The minimum atomic E-state index is -0.860. The molecule has 0 fully saturated rings. The number of benzene rings is 1. The van der Waals surface area contributed by atoms with Gasteiger partial charge in [-0.05, 0) is 24.6 Å². The quantitative estimate of drug-likeness (QED) is 0.865. The number of hydrogen-bond donors (Lipinski definition) is 2. The second kappa shape index (κ2) is 5.21. The molecular weight excluding hydrogens is 230 g/mol. The Hall–Kier alpha value is -1.84. The largest absolute Gasteiger partial charge is 0.481 e. The minimum Gasteiger partial charge on any atom is -0.481 e. The molecule has 1 atom stereocenters. The van der Waals surface area contributed by atoms with Crippen molar-refractivity contribution >= 4 is 17.6 Å². The molecule has 0 spiro atoms. The van der Waals surface area contributed by atoms with Crippen LogP contribution in [0.2, 0.25) is 0 Å². The van der Waals surface area contributed by atoms with E-state index in [1.54, 1.807) is 31.2 Å². The topological polar surface area (TPSA) is 66.4 Å². The first kappa shape index (κ1) is 14.2. The van der Waals surface area contributed by atoms with E-state index in [2.05, 4.69) is 5.32 Å². The summed E-state index contributed by atoms with van der Waals surface area (Å²) >= 11 is 0.